The van der Waals surface area contributed by atoms with E-state index in [1.54, 1.807) is 6.07 Å². The normalized spacial score (nSPS) is 11.3. The van der Waals surface area contributed by atoms with E-state index in [1.165, 1.54) is 30.0 Å². The van der Waals surface area contributed by atoms with Crippen molar-refractivity contribution in [3.8, 4) is 0 Å². The van der Waals surface area contributed by atoms with Gasteiger partial charge in [0.2, 0.25) is 15.9 Å². The van der Waals surface area contributed by atoms with E-state index in [2.05, 4.69) is 4.72 Å². The SMILES string of the molecule is CC(=O)N(CCNS(=O)(=O)CCCc1ccccc1)c1ccccc1F. The van der Waals surface area contributed by atoms with Crippen LogP contribution in [0, 0.1) is 5.82 Å². The third-order valence-corrected chi connectivity index (χ3v) is 5.37. The second-order valence-corrected chi connectivity index (χ2v) is 7.85. The molecule has 0 fully saturated rings. The maximum atomic E-state index is 13.9. The highest BCUT2D eigenvalue weighted by Crippen LogP contribution is 2.18. The smallest absolute Gasteiger partial charge is 0.223 e. The molecule has 2 aromatic rings. The lowest BCUT2D eigenvalue weighted by Crippen LogP contribution is -2.38. The van der Waals surface area contributed by atoms with Crippen molar-refractivity contribution in [2.45, 2.75) is 19.8 Å². The first-order chi connectivity index (χ1) is 12.4. The molecule has 2 rings (SSSR count). The first-order valence-electron chi connectivity index (χ1n) is 8.43. The molecular weight excluding hydrogens is 355 g/mol. The van der Waals surface area contributed by atoms with Crippen LogP contribution in [0.4, 0.5) is 10.1 Å². The van der Waals surface area contributed by atoms with Crippen molar-refractivity contribution in [3.05, 3.63) is 66.0 Å². The van der Waals surface area contributed by atoms with Gasteiger partial charge in [-0.05, 0) is 30.5 Å². The summed E-state index contributed by atoms with van der Waals surface area (Å²) in [5.41, 5.74) is 1.23. The Kier molecular flexibility index (Phi) is 7.29. The molecule has 2 aromatic carbocycles. The van der Waals surface area contributed by atoms with Gasteiger partial charge in [0.05, 0.1) is 11.4 Å². The predicted molar refractivity (Wildman–Crippen MR) is 101 cm³/mol. The van der Waals surface area contributed by atoms with E-state index in [4.69, 9.17) is 0 Å². The molecule has 0 saturated heterocycles. The van der Waals surface area contributed by atoms with Crippen LogP contribution in [0.5, 0.6) is 0 Å². The molecule has 0 spiro atoms. The van der Waals surface area contributed by atoms with Crippen molar-refractivity contribution in [2.24, 2.45) is 0 Å². The number of carbonyl (C=O) groups excluding carboxylic acids is 1. The number of para-hydroxylation sites is 1. The molecule has 0 aliphatic carbocycles. The Morgan fingerprint density at radius 1 is 1.08 bits per heavy atom. The van der Waals surface area contributed by atoms with E-state index in [-0.39, 0.29) is 30.4 Å². The third kappa shape index (κ3) is 6.24. The quantitative estimate of drug-likeness (QED) is 0.730. The molecule has 26 heavy (non-hydrogen) atoms. The molecule has 0 radical (unpaired) electrons. The fourth-order valence-corrected chi connectivity index (χ4v) is 3.69. The summed E-state index contributed by atoms with van der Waals surface area (Å²) in [6, 6.07) is 15.6. The topological polar surface area (TPSA) is 66.5 Å². The summed E-state index contributed by atoms with van der Waals surface area (Å²) in [6.45, 7) is 1.41. The van der Waals surface area contributed by atoms with Gasteiger partial charge < -0.3 is 4.90 Å². The maximum Gasteiger partial charge on any atom is 0.223 e. The van der Waals surface area contributed by atoms with Crippen molar-refractivity contribution >= 4 is 21.6 Å². The number of halogens is 1. The highest BCUT2D eigenvalue weighted by molar-refractivity contribution is 7.89. The van der Waals surface area contributed by atoms with Gasteiger partial charge >= 0.3 is 0 Å². The number of nitrogens with zero attached hydrogens (tertiary/aromatic N) is 1. The second kappa shape index (κ2) is 9.45. The zero-order chi connectivity index (χ0) is 19.0. The average molecular weight is 378 g/mol. The fraction of sp³-hybridized carbons (Fsp3) is 0.316. The lowest BCUT2D eigenvalue weighted by molar-refractivity contribution is -0.116. The van der Waals surface area contributed by atoms with Crippen LogP contribution in [-0.4, -0.2) is 33.2 Å². The Morgan fingerprint density at radius 2 is 1.73 bits per heavy atom. The van der Waals surface area contributed by atoms with Crippen LogP contribution in [0.2, 0.25) is 0 Å². The van der Waals surface area contributed by atoms with Gasteiger partial charge in [0.25, 0.3) is 0 Å². The Bertz CT molecular complexity index is 826. The van der Waals surface area contributed by atoms with E-state index in [9.17, 15) is 17.6 Å². The van der Waals surface area contributed by atoms with Crippen LogP contribution in [0.15, 0.2) is 54.6 Å². The minimum absolute atomic E-state index is 0.00165. The number of carbonyl (C=O) groups is 1. The number of benzene rings is 2. The molecule has 0 atom stereocenters. The van der Waals surface area contributed by atoms with Crippen LogP contribution in [0.1, 0.15) is 18.9 Å². The number of hydrogen-bond acceptors (Lipinski definition) is 3. The highest BCUT2D eigenvalue weighted by Gasteiger charge is 2.16. The number of nitrogens with one attached hydrogen (secondary N) is 1. The number of rotatable bonds is 9. The standard InChI is InChI=1S/C19H23FN2O3S/c1-16(23)22(19-12-6-5-11-18(19)20)14-13-21-26(24,25)15-7-10-17-8-3-2-4-9-17/h2-6,8-9,11-12,21H,7,10,13-15H2,1H3. The van der Waals surface area contributed by atoms with Gasteiger partial charge in [0.15, 0.2) is 0 Å². The van der Waals surface area contributed by atoms with Crippen LogP contribution in [0.3, 0.4) is 0 Å². The molecule has 1 N–H and O–H groups in total. The zero-order valence-corrected chi connectivity index (χ0v) is 15.5. The van der Waals surface area contributed by atoms with Crippen LogP contribution in [0.25, 0.3) is 0 Å². The average Bonchev–Trinajstić information content (AvgIpc) is 2.60. The van der Waals surface area contributed by atoms with Gasteiger partial charge in [0.1, 0.15) is 5.82 Å². The summed E-state index contributed by atoms with van der Waals surface area (Å²) in [5.74, 6) is -0.867. The summed E-state index contributed by atoms with van der Waals surface area (Å²) >= 11 is 0. The summed E-state index contributed by atoms with van der Waals surface area (Å²) in [7, 11) is -3.45. The number of anilines is 1. The first kappa shape index (κ1) is 20.1. The van der Waals surface area contributed by atoms with Gasteiger partial charge in [-0.3, -0.25) is 4.79 Å². The summed E-state index contributed by atoms with van der Waals surface area (Å²) in [4.78, 5) is 13.0. The molecule has 0 aliphatic heterocycles. The third-order valence-electron chi connectivity index (χ3n) is 3.90. The van der Waals surface area contributed by atoms with Gasteiger partial charge in [-0.1, -0.05) is 42.5 Å². The van der Waals surface area contributed by atoms with Crippen LogP contribution >= 0.6 is 0 Å². The number of aryl methyl sites for hydroxylation is 1. The predicted octanol–water partition coefficient (Wildman–Crippen LogP) is 2.73. The van der Waals surface area contributed by atoms with Gasteiger partial charge in [0, 0.05) is 20.0 Å². The van der Waals surface area contributed by atoms with E-state index >= 15 is 0 Å². The minimum atomic E-state index is -3.45. The van der Waals surface area contributed by atoms with E-state index in [0.717, 1.165) is 5.56 Å². The lowest BCUT2D eigenvalue weighted by atomic mass is 10.1. The molecule has 0 saturated carbocycles. The molecule has 0 aromatic heterocycles. The molecule has 7 heteroatoms. The lowest BCUT2D eigenvalue weighted by Gasteiger charge is -2.21. The Balaban J connectivity index is 1.84. The summed E-state index contributed by atoms with van der Waals surface area (Å²) < 4.78 is 40.5. The van der Waals surface area contributed by atoms with Crippen molar-refractivity contribution < 1.29 is 17.6 Å². The number of hydrogen-bond donors (Lipinski definition) is 1. The molecule has 0 aliphatic rings. The van der Waals surface area contributed by atoms with Crippen molar-refractivity contribution in [1.82, 2.24) is 4.72 Å². The Labute approximate surface area is 153 Å². The Morgan fingerprint density at radius 3 is 2.38 bits per heavy atom. The second-order valence-electron chi connectivity index (χ2n) is 5.92. The summed E-state index contributed by atoms with van der Waals surface area (Å²) in [5, 5.41) is 0. The summed E-state index contributed by atoms with van der Waals surface area (Å²) in [6.07, 6.45) is 1.18. The minimum Gasteiger partial charge on any atom is -0.309 e. The van der Waals surface area contributed by atoms with E-state index < -0.39 is 15.8 Å². The maximum absolute atomic E-state index is 13.9. The van der Waals surface area contributed by atoms with Crippen molar-refractivity contribution in [1.29, 1.82) is 0 Å². The highest BCUT2D eigenvalue weighted by atomic mass is 32.2. The molecule has 140 valence electrons. The van der Waals surface area contributed by atoms with E-state index in [1.807, 2.05) is 30.3 Å². The monoisotopic (exact) mass is 378 g/mol. The number of amides is 1. The van der Waals surface area contributed by atoms with Gasteiger partial charge in [-0.25, -0.2) is 17.5 Å². The Hall–Kier alpha value is -2.25. The molecule has 0 heterocycles. The molecule has 0 unspecified atom stereocenters. The van der Waals surface area contributed by atoms with Crippen LogP contribution < -0.4 is 9.62 Å². The number of sulfonamides is 1. The first-order valence-corrected chi connectivity index (χ1v) is 10.1. The zero-order valence-electron chi connectivity index (χ0n) is 14.7. The fourth-order valence-electron chi connectivity index (χ4n) is 2.61. The van der Waals surface area contributed by atoms with E-state index in [0.29, 0.717) is 12.8 Å². The van der Waals surface area contributed by atoms with Gasteiger partial charge in [-0.15, -0.1) is 0 Å². The van der Waals surface area contributed by atoms with Gasteiger partial charge in [-0.2, -0.15) is 0 Å². The van der Waals surface area contributed by atoms with Crippen molar-refractivity contribution in [2.75, 3.05) is 23.7 Å². The molecular formula is C19H23FN2O3S. The van der Waals surface area contributed by atoms with Crippen molar-refractivity contribution in [3.63, 3.8) is 0 Å². The molecule has 1 amide bonds. The molecule has 5 nitrogen and oxygen atoms in total. The van der Waals surface area contributed by atoms with Crippen LogP contribution in [-0.2, 0) is 21.2 Å². The molecule has 0 bridgehead atoms. The largest absolute Gasteiger partial charge is 0.309 e.